The number of carbonyl (C=O) groups is 2. The van der Waals surface area contributed by atoms with Gasteiger partial charge in [0.05, 0.1) is 0 Å². The molecule has 6 heteroatoms. The summed E-state index contributed by atoms with van der Waals surface area (Å²) in [5, 5.41) is 3.01. The Hall–Kier alpha value is -2.24. The number of amidine groups is 1. The van der Waals surface area contributed by atoms with Crippen LogP contribution in [0, 0.1) is 5.92 Å². The summed E-state index contributed by atoms with van der Waals surface area (Å²) in [7, 11) is 1.77. The summed E-state index contributed by atoms with van der Waals surface area (Å²) in [4.78, 5) is 35.0. The van der Waals surface area contributed by atoms with Crippen LogP contribution in [0.5, 0.6) is 0 Å². The molecule has 0 aromatic carbocycles. The van der Waals surface area contributed by atoms with E-state index in [2.05, 4.69) is 15.3 Å². The largest absolute Gasteiger partial charge is 0.356 e. The molecule has 1 fully saturated rings. The molecule has 0 atom stereocenters. The van der Waals surface area contributed by atoms with Gasteiger partial charge in [0.2, 0.25) is 5.91 Å². The van der Waals surface area contributed by atoms with E-state index < -0.39 is 5.54 Å². The van der Waals surface area contributed by atoms with Crippen molar-refractivity contribution >= 4 is 17.6 Å². The molecular weight excluding hydrogens is 304 g/mol. The molecule has 2 aliphatic rings. The van der Waals surface area contributed by atoms with Crippen LogP contribution in [0.25, 0.3) is 0 Å². The highest BCUT2D eigenvalue weighted by Crippen LogP contribution is 2.39. The Morgan fingerprint density at radius 3 is 2.75 bits per heavy atom. The predicted octanol–water partition coefficient (Wildman–Crippen LogP) is 1.56. The third-order valence-electron chi connectivity index (χ3n) is 5.18. The summed E-state index contributed by atoms with van der Waals surface area (Å²) in [6.07, 6.45) is 7.10. The highest BCUT2D eigenvalue weighted by atomic mass is 16.2. The summed E-state index contributed by atoms with van der Waals surface area (Å²) < 4.78 is 0. The van der Waals surface area contributed by atoms with E-state index in [1.807, 2.05) is 25.3 Å². The number of hydrogen-bond acceptors (Lipinski definition) is 4. The first-order valence-electron chi connectivity index (χ1n) is 8.53. The van der Waals surface area contributed by atoms with Crippen LogP contribution in [0.15, 0.2) is 29.5 Å². The maximum Gasteiger partial charge on any atom is 0.255 e. The van der Waals surface area contributed by atoms with Crippen molar-refractivity contribution in [2.24, 2.45) is 10.9 Å². The smallest absolute Gasteiger partial charge is 0.255 e. The van der Waals surface area contributed by atoms with Crippen LogP contribution in [0.4, 0.5) is 0 Å². The number of aliphatic imine (C=N–C) groups is 1. The maximum absolute atomic E-state index is 12.4. The number of aromatic nitrogens is 1. The number of nitrogens with zero attached hydrogens (tertiary/aromatic N) is 3. The molecule has 2 amide bonds. The van der Waals surface area contributed by atoms with E-state index in [0.29, 0.717) is 19.4 Å². The normalized spacial score (nSPS) is 26.6. The monoisotopic (exact) mass is 328 g/mol. The number of carbonyl (C=O) groups excluding carboxylic acids is 2. The van der Waals surface area contributed by atoms with Crippen molar-refractivity contribution in [3.63, 3.8) is 0 Å². The predicted molar refractivity (Wildman–Crippen MR) is 91.5 cm³/mol. The van der Waals surface area contributed by atoms with Crippen molar-refractivity contribution in [2.45, 2.75) is 44.6 Å². The lowest BCUT2D eigenvalue weighted by Gasteiger charge is -2.33. The topological polar surface area (TPSA) is 74.7 Å². The third-order valence-corrected chi connectivity index (χ3v) is 5.18. The molecule has 0 bridgehead atoms. The minimum atomic E-state index is -0.606. The molecule has 6 nitrogen and oxygen atoms in total. The summed E-state index contributed by atoms with van der Waals surface area (Å²) >= 11 is 0. The quantitative estimate of drug-likeness (QED) is 0.911. The molecule has 1 saturated carbocycles. The van der Waals surface area contributed by atoms with Gasteiger partial charge in [-0.3, -0.25) is 19.6 Å². The van der Waals surface area contributed by atoms with Crippen LogP contribution in [0.1, 0.15) is 38.2 Å². The Balaban J connectivity index is 1.48. The second kappa shape index (κ2) is 6.71. The zero-order chi connectivity index (χ0) is 17.2. The minimum absolute atomic E-state index is 0.0151. The average molecular weight is 328 g/mol. The van der Waals surface area contributed by atoms with Crippen LogP contribution in [0.2, 0.25) is 0 Å². The SMILES string of the molecule is CC1=NC2(CCC(C(=O)NCCc3cccnc3)CC2)C(=O)N1C. The number of rotatable bonds is 4. The number of pyridine rings is 1. The van der Waals surface area contributed by atoms with E-state index in [9.17, 15) is 9.59 Å². The van der Waals surface area contributed by atoms with Crippen molar-refractivity contribution in [3.05, 3.63) is 30.1 Å². The molecule has 0 radical (unpaired) electrons. The van der Waals surface area contributed by atoms with Gasteiger partial charge in [-0.25, -0.2) is 0 Å². The van der Waals surface area contributed by atoms with E-state index in [-0.39, 0.29) is 17.7 Å². The molecule has 2 heterocycles. The number of amides is 2. The van der Waals surface area contributed by atoms with Crippen LogP contribution in [-0.2, 0) is 16.0 Å². The first-order valence-corrected chi connectivity index (χ1v) is 8.53. The molecule has 24 heavy (non-hydrogen) atoms. The molecular formula is C18H24N4O2. The zero-order valence-electron chi connectivity index (χ0n) is 14.3. The molecule has 0 saturated heterocycles. The molecule has 1 aliphatic carbocycles. The van der Waals surface area contributed by atoms with Crippen LogP contribution >= 0.6 is 0 Å². The Morgan fingerprint density at radius 1 is 1.42 bits per heavy atom. The summed E-state index contributed by atoms with van der Waals surface area (Å²) in [5.41, 5.74) is 0.510. The first-order chi connectivity index (χ1) is 11.5. The van der Waals surface area contributed by atoms with E-state index in [0.717, 1.165) is 30.7 Å². The van der Waals surface area contributed by atoms with E-state index in [4.69, 9.17) is 0 Å². The fraction of sp³-hybridized carbons (Fsp3) is 0.556. The fourth-order valence-electron chi connectivity index (χ4n) is 3.60. The van der Waals surface area contributed by atoms with Gasteiger partial charge in [-0.1, -0.05) is 6.07 Å². The zero-order valence-corrected chi connectivity index (χ0v) is 14.3. The molecule has 1 aromatic rings. The van der Waals surface area contributed by atoms with Gasteiger partial charge in [0.1, 0.15) is 11.4 Å². The van der Waals surface area contributed by atoms with Crippen LogP contribution in [-0.4, -0.2) is 46.7 Å². The Kier molecular flexibility index (Phi) is 4.64. The van der Waals surface area contributed by atoms with Gasteiger partial charge in [-0.05, 0) is 50.7 Å². The Labute approximate surface area is 142 Å². The van der Waals surface area contributed by atoms with E-state index in [1.165, 1.54) is 0 Å². The van der Waals surface area contributed by atoms with Crippen molar-refractivity contribution in [3.8, 4) is 0 Å². The van der Waals surface area contributed by atoms with E-state index in [1.54, 1.807) is 18.1 Å². The van der Waals surface area contributed by atoms with Crippen molar-refractivity contribution in [1.82, 2.24) is 15.2 Å². The molecule has 128 valence electrons. The van der Waals surface area contributed by atoms with Gasteiger partial charge in [-0.15, -0.1) is 0 Å². The van der Waals surface area contributed by atoms with Gasteiger partial charge >= 0.3 is 0 Å². The second-order valence-corrected chi connectivity index (χ2v) is 6.73. The van der Waals surface area contributed by atoms with Crippen molar-refractivity contribution in [2.75, 3.05) is 13.6 Å². The summed E-state index contributed by atoms with van der Waals surface area (Å²) in [6.45, 7) is 2.48. The standard InChI is InChI=1S/C18H24N4O2/c1-13-21-18(17(24)22(13)2)8-5-15(6-9-18)16(23)20-11-7-14-4-3-10-19-12-14/h3-4,10,12,15H,5-9,11H2,1-2H3,(H,20,23). The number of likely N-dealkylation sites (N-methyl/N-ethyl adjacent to an activating group) is 1. The lowest BCUT2D eigenvalue weighted by molar-refractivity contribution is -0.134. The lowest BCUT2D eigenvalue weighted by atomic mass is 9.76. The lowest BCUT2D eigenvalue weighted by Crippen LogP contribution is -2.45. The Morgan fingerprint density at radius 2 is 2.17 bits per heavy atom. The first kappa shape index (κ1) is 16.6. The van der Waals surface area contributed by atoms with Crippen LogP contribution < -0.4 is 5.32 Å². The third kappa shape index (κ3) is 3.18. The van der Waals surface area contributed by atoms with Gasteiger partial charge in [0.25, 0.3) is 5.91 Å². The fourth-order valence-corrected chi connectivity index (χ4v) is 3.60. The van der Waals surface area contributed by atoms with Gasteiger partial charge in [-0.2, -0.15) is 0 Å². The van der Waals surface area contributed by atoms with Crippen molar-refractivity contribution in [1.29, 1.82) is 0 Å². The highest BCUT2D eigenvalue weighted by molar-refractivity contribution is 6.07. The van der Waals surface area contributed by atoms with Gasteiger partial charge in [0, 0.05) is 31.9 Å². The van der Waals surface area contributed by atoms with Crippen LogP contribution in [0.3, 0.4) is 0 Å². The molecule has 1 spiro atoms. The van der Waals surface area contributed by atoms with Gasteiger partial charge < -0.3 is 10.2 Å². The minimum Gasteiger partial charge on any atom is -0.356 e. The Bertz CT molecular complexity index is 648. The number of nitrogens with one attached hydrogen (secondary N) is 1. The molecule has 1 aromatic heterocycles. The highest BCUT2D eigenvalue weighted by Gasteiger charge is 2.48. The molecule has 0 unspecified atom stereocenters. The molecule has 1 N–H and O–H groups in total. The van der Waals surface area contributed by atoms with Crippen molar-refractivity contribution < 1.29 is 9.59 Å². The van der Waals surface area contributed by atoms with Gasteiger partial charge in [0.15, 0.2) is 0 Å². The summed E-state index contributed by atoms with van der Waals surface area (Å²) in [6, 6.07) is 3.90. The average Bonchev–Trinajstić information content (AvgIpc) is 2.80. The maximum atomic E-state index is 12.4. The number of hydrogen-bond donors (Lipinski definition) is 1. The summed E-state index contributed by atoms with van der Waals surface area (Å²) in [5.74, 6) is 0.932. The second-order valence-electron chi connectivity index (χ2n) is 6.73. The van der Waals surface area contributed by atoms with E-state index >= 15 is 0 Å². The molecule has 3 rings (SSSR count). The molecule has 1 aliphatic heterocycles.